The van der Waals surface area contributed by atoms with Gasteiger partial charge < -0.3 is 9.47 Å². The Hall–Kier alpha value is -3.55. The number of halogens is 1. The average molecular weight is 479 g/mol. The number of methoxy groups -OCH3 is 2. The zero-order valence-corrected chi connectivity index (χ0v) is 19.7. The number of para-hydroxylation sites is 1. The molecule has 2 fully saturated rings. The fourth-order valence-corrected chi connectivity index (χ4v) is 4.84. The van der Waals surface area contributed by atoms with Gasteiger partial charge in [-0.2, -0.15) is 0 Å². The Morgan fingerprint density at radius 2 is 1.68 bits per heavy atom. The standard InChI is InChI=1S/C26H23ClN2O5/c1-15-19(27)10-7-11-20(15)28-25(30)22-23(18-13-12-17(32-2)14-21(18)33-3)29(34-24(22)26(28)31)16-8-5-4-6-9-16/h4-14,22-24H,1-3H3/t22-,23-,24+/m1/s1. The summed E-state index contributed by atoms with van der Waals surface area (Å²) in [5, 5.41) is 2.12. The number of hydrogen-bond acceptors (Lipinski definition) is 6. The second-order valence-electron chi connectivity index (χ2n) is 8.16. The molecular weight excluding hydrogens is 456 g/mol. The molecule has 34 heavy (non-hydrogen) atoms. The lowest BCUT2D eigenvalue weighted by atomic mass is 9.90. The molecule has 3 aromatic rings. The van der Waals surface area contributed by atoms with Crippen molar-refractivity contribution in [2.75, 3.05) is 24.2 Å². The minimum Gasteiger partial charge on any atom is -0.497 e. The molecule has 0 N–H and O–H groups in total. The summed E-state index contributed by atoms with van der Waals surface area (Å²) < 4.78 is 11.0. The molecule has 8 heteroatoms. The van der Waals surface area contributed by atoms with E-state index in [1.54, 1.807) is 56.5 Å². The van der Waals surface area contributed by atoms with E-state index >= 15 is 0 Å². The lowest BCUT2D eigenvalue weighted by molar-refractivity contribution is -0.126. The third kappa shape index (κ3) is 3.40. The van der Waals surface area contributed by atoms with Crippen molar-refractivity contribution in [3.05, 3.63) is 82.9 Å². The van der Waals surface area contributed by atoms with Crippen LogP contribution in [0.15, 0.2) is 66.7 Å². The van der Waals surface area contributed by atoms with Gasteiger partial charge in [0.15, 0.2) is 6.10 Å². The number of anilines is 2. The Bertz CT molecular complexity index is 1270. The molecule has 2 aliphatic rings. The van der Waals surface area contributed by atoms with Crippen molar-refractivity contribution in [1.82, 2.24) is 0 Å². The van der Waals surface area contributed by atoms with E-state index < -0.39 is 24.0 Å². The number of rotatable bonds is 5. The first-order valence-corrected chi connectivity index (χ1v) is 11.2. The second kappa shape index (κ2) is 8.66. The van der Waals surface area contributed by atoms with E-state index in [4.69, 9.17) is 25.9 Å². The van der Waals surface area contributed by atoms with Gasteiger partial charge in [0.1, 0.15) is 17.4 Å². The maximum absolute atomic E-state index is 13.8. The van der Waals surface area contributed by atoms with Gasteiger partial charge in [-0.05, 0) is 48.9 Å². The van der Waals surface area contributed by atoms with E-state index in [0.29, 0.717) is 33.3 Å². The number of carbonyl (C=O) groups excluding carboxylic acids is 2. The van der Waals surface area contributed by atoms with Gasteiger partial charge in [-0.25, -0.2) is 9.96 Å². The molecule has 0 bridgehead atoms. The van der Waals surface area contributed by atoms with Crippen molar-refractivity contribution in [3.63, 3.8) is 0 Å². The maximum atomic E-state index is 13.8. The van der Waals surface area contributed by atoms with Gasteiger partial charge in [0, 0.05) is 16.7 Å². The molecule has 0 saturated carbocycles. The average Bonchev–Trinajstić information content (AvgIpc) is 3.37. The summed E-state index contributed by atoms with van der Waals surface area (Å²) in [4.78, 5) is 34.8. The molecule has 0 radical (unpaired) electrons. The summed E-state index contributed by atoms with van der Waals surface area (Å²) in [5.41, 5.74) is 2.56. The predicted molar refractivity (Wildman–Crippen MR) is 128 cm³/mol. The van der Waals surface area contributed by atoms with Gasteiger partial charge in [-0.3, -0.25) is 14.4 Å². The van der Waals surface area contributed by atoms with Gasteiger partial charge >= 0.3 is 0 Å². The summed E-state index contributed by atoms with van der Waals surface area (Å²) in [5.74, 6) is -0.397. The molecular formula is C26H23ClN2O5. The van der Waals surface area contributed by atoms with Crippen molar-refractivity contribution >= 4 is 34.8 Å². The Kier molecular flexibility index (Phi) is 5.67. The summed E-state index contributed by atoms with van der Waals surface area (Å²) in [6.07, 6.45) is -0.983. The number of carbonyl (C=O) groups is 2. The first-order valence-electron chi connectivity index (χ1n) is 10.8. The Labute approximate surface area is 202 Å². The quantitative estimate of drug-likeness (QED) is 0.494. The Morgan fingerprint density at radius 3 is 2.38 bits per heavy atom. The van der Waals surface area contributed by atoms with Gasteiger partial charge in [0.2, 0.25) is 5.91 Å². The first-order chi connectivity index (χ1) is 16.5. The fraction of sp³-hybridized carbons (Fsp3) is 0.231. The number of amides is 2. The molecule has 0 aromatic heterocycles. The van der Waals surface area contributed by atoms with Crippen LogP contribution in [0.4, 0.5) is 11.4 Å². The normalized spacial score (nSPS) is 21.7. The van der Waals surface area contributed by atoms with Crippen LogP contribution in [0.1, 0.15) is 17.2 Å². The van der Waals surface area contributed by atoms with Crippen LogP contribution in [0.5, 0.6) is 11.5 Å². The van der Waals surface area contributed by atoms with Crippen molar-refractivity contribution in [1.29, 1.82) is 0 Å². The van der Waals surface area contributed by atoms with Crippen LogP contribution < -0.4 is 19.4 Å². The zero-order chi connectivity index (χ0) is 24.0. The Balaban J connectivity index is 1.64. The SMILES string of the molecule is COc1ccc([C@@H]2[C@H]3C(=O)N(c4cccc(Cl)c4C)C(=O)[C@H]3ON2c2ccccc2)c(OC)c1. The molecule has 2 saturated heterocycles. The van der Waals surface area contributed by atoms with Crippen LogP contribution in [0.25, 0.3) is 0 Å². The summed E-state index contributed by atoms with van der Waals surface area (Å²) in [6, 6.07) is 19.4. The summed E-state index contributed by atoms with van der Waals surface area (Å²) in [7, 11) is 3.13. The minimum absolute atomic E-state index is 0.346. The van der Waals surface area contributed by atoms with E-state index in [-0.39, 0.29) is 5.91 Å². The summed E-state index contributed by atoms with van der Waals surface area (Å²) >= 11 is 6.29. The molecule has 3 aromatic carbocycles. The molecule has 7 nitrogen and oxygen atoms in total. The van der Waals surface area contributed by atoms with Gasteiger partial charge in [0.05, 0.1) is 31.6 Å². The van der Waals surface area contributed by atoms with Crippen molar-refractivity contribution in [2.24, 2.45) is 5.92 Å². The second-order valence-corrected chi connectivity index (χ2v) is 8.57. The lowest BCUT2D eigenvalue weighted by Gasteiger charge is -2.30. The zero-order valence-electron chi connectivity index (χ0n) is 18.9. The third-order valence-electron chi connectivity index (χ3n) is 6.37. The van der Waals surface area contributed by atoms with E-state index in [9.17, 15) is 9.59 Å². The number of ether oxygens (including phenoxy) is 2. The molecule has 2 amide bonds. The van der Waals surface area contributed by atoms with Crippen LogP contribution in [0.3, 0.4) is 0 Å². The number of hydroxylamine groups is 1. The number of fused-ring (bicyclic) bond motifs is 1. The molecule has 5 rings (SSSR count). The first kappa shape index (κ1) is 22.3. The van der Waals surface area contributed by atoms with E-state index in [2.05, 4.69) is 0 Å². The number of hydrogen-bond donors (Lipinski definition) is 0. The highest BCUT2D eigenvalue weighted by Gasteiger charge is 2.61. The van der Waals surface area contributed by atoms with Gasteiger partial charge in [-0.15, -0.1) is 0 Å². The van der Waals surface area contributed by atoms with Gasteiger partial charge in [-0.1, -0.05) is 35.9 Å². The van der Waals surface area contributed by atoms with Crippen molar-refractivity contribution in [3.8, 4) is 11.5 Å². The fourth-order valence-electron chi connectivity index (χ4n) is 4.67. The molecule has 174 valence electrons. The molecule has 2 heterocycles. The van der Waals surface area contributed by atoms with Crippen molar-refractivity contribution in [2.45, 2.75) is 19.1 Å². The monoisotopic (exact) mass is 478 g/mol. The van der Waals surface area contributed by atoms with Crippen LogP contribution >= 0.6 is 11.6 Å². The molecule has 0 aliphatic carbocycles. The highest BCUT2D eigenvalue weighted by molar-refractivity contribution is 6.32. The van der Waals surface area contributed by atoms with E-state index in [1.165, 1.54) is 4.90 Å². The molecule has 3 atom stereocenters. The van der Waals surface area contributed by atoms with Crippen LogP contribution in [-0.2, 0) is 14.4 Å². The number of nitrogens with zero attached hydrogens (tertiary/aromatic N) is 2. The largest absolute Gasteiger partial charge is 0.497 e. The van der Waals surface area contributed by atoms with E-state index in [1.807, 2.05) is 36.4 Å². The van der Waals surface area contributed by atoms with Crippen LogP contribution in [-0.4, -0.2) is 32.1 Å². The maximum Gasteiger partial charge on any atom is 0.266 e. The summed E-state index contributed by atoms with van der Waals surface area (Å²) in [6.45, 7) is 1.79. The Morgan fingerprint density at radius 1 is 0.912 bits per heavy atom. The van der Waals surface area contributed by atoms with Crippen LogP contribution in [0, 0.1) is 12.8 Å². The highest BCUT2D eigenvalue weighted by Crippen LogP contribution is 2.50. The smallest absolute Gasteiger partial charge is 0.266 e. The molecule has 2 aliphatic heterocycles. The predicted octanol–water partition coefficient (Wildman–Crippen LogP) is 4.72. The third-order valence-corrected chi connectivity index (χ3v) is 6.77. The van der Waals surface area contributed by atoms with Crippen LogP contribution in [0.2, 0.25) is 5.02 Å². The highest BCUT2D eigenvalue weighted by atomic mass is 35.5. The molecule has 0 spiro atoms. The number of imide groups is 1. The topological polar surface area (TPSA) is 68.3 Å². The van der Waals surface area contributed by atoms with Crippen molar-refractivity contribution < 1.29 is 23.9 Å². The van der Waals surface area contributed by atoms with E-state index in [0.717, 1.165) is 5.69 Å². The lowest BCUT2D eigenvalue weighted by Crippen LogP contribution is -2.37. The van der Waals surface area contributed by atoms with Gasteiger partial charge in [0.25, 0.3) is 5.91 Å². The molecule has 0 unspecified atom stereocenters. The minimum atomic E-state index is -0.983. The number of benzene rings is 3.